The molecule has 0 aliphatic rings. The van der Waals surface area contributed by atoms with Crippen LogP contribution < -0.4 is 20.1 Å². The summed E-state index contributed by atoms with van der Waals surface area (Å²) >= 11 is 6.13. The van der Waals surface area contributed by atoms with Crippen LogP contribution in [-0.2, 0) is 0 Å². The number of nitrogens with zero attached hydrogens (tertiary/aromatic N) is 2. The highest BCUT2D eigenvalue weighted by atomic mass is 35.5. The third kappa shape index (κ3) is 4.32. The molecule has 0 saturated heterocycles. The Morgan fingerprint density at radius 3 is 2.61 bits per heavy atom. The minimum absolute atomic E-state index is 0.215. The SMILES string of the molecule is COc1ccc(NC(=O)c2ccnc(Nc3cccc(Cl)c3C)n2)cc1OC. The van der Waals surface area contributed by atoms with E-state index in [-0.39, 0.29) is 11.6 Å². The Hall–Kier alpha value is -3.32. The zero-order valence-electron chi connectivity index (χ0n) is 15.6. The number of carbonyl (C=O) groups excluding carboxylic acids is 1. The van der Waals surface area contributed by atoms with Crippen molar-refractivity contribution in [2.45, 2.75) is 6.92 Å². The van der Waals surface area contributed by atoms with E-state index in [1.807, 2.05) is 19.1 Å². The average molecular weight is 399 g/mol. The average Bonchev–Trinajstić information content (AvgIpc) is 2.71. The molecule has 0 radical (unpaired) electrons. The lowest BCUT2D eigenvalue weighted by atomic mass is 10.2. The number of hydrogen-bond acceptors (Lipinski definition) is 6. The number of benzene rings is 2. The van der Waals surface area contributed by atoms with E-state index >= 15 is 0 Å². The second kappa shape index (κ2) is 8.58. The van der Waals surface area contributed by atoms with Crippen molar-refractivity contribution in [1.29, 1.82) is 0 Å². The molecule has 0 saturated carbocycles. The van der Waals surface area contributed by atoms with Crippen LogP contribution >= 0.6 is 11.6 Å². The summed E-state index contributed by atoms with van der Waals surface area (Å²) in [5.41, 5.74) is 2.41. The first-order valence-electron chi connectivity index (χ1n) is 8.40. The van der Waals surface area contributed by atoms with Gasteiger partial charge in [0.25, 0.3) is 5.91 Å². The fourth-order valence-electron chi connectivity index (χ4n) is 2.52. The quantitative estimate of drug-likeness (QED) is 0.638. The maximum atomic E-state index is 12.6. The van der Waals surface area contributed by atoms with E-state index in [0.717, 1.165) is 11.3 Å². The molecule has 144 valence electrons. The highest BCUT2D eigenvalue weighted by Crippen LogP contribution is 2.30. The van der Waals surface area contributed by atoms with Gasteiger partial charge in [-0.25, -0.2) is 9.97 Å². The van der Waals surface area contributed by atoms with Gasteiger partial charge >= 0.3 is 0 Å². The normalized spacial score (nSPS) is 10.3. The highest BCUT2D eigenvalue weighted by Gasteiger charge is 2.12. The molecule has 0 atom stereocenters. The van der Waals surface area contributed by atoms with Crippen LogP contribution in [0.5, 0.6) is 11.5 Å². The highest BCUT2D eigenvalue weighted by molar-refractivity contribution is 6.31. The maximum Gasteiger partial charge on any atom is 0.274 e. The van der Waals surface area contributed by atoms with E-state index in [4.69, 9.17) is 21.1 Å². The predicted molar refractivity (Wildman–Crippen MR) is 109 cm³/mol. The number of nitrogens with one attached hydrogen (secondary N) is 2. The number of rotatable bonds is 6. The van der Waals surface area contributed by atoms with Gasteiger partial charge in [0.15, 0.2) is 11.5 Å². The van der Waals surface area contributed by atoms with Gasteiger partial charge in [-0.1, -0.05) is 17.7 Å². The number of amides is 1. The molecule has 0 spiro atoms. The standard InChI is InChI=1S/C20H19ClN4O3/c1-12-14(21)5-4-6-15(12)24-20-22-10-9-16(25-20)19(26)23-13-7-8-17(27-2)18(11-13)28-3/h4-11H,1-3H3,(H,23,26)(H,22,24,25). The van der Waals surface area contributed by atoms with Crippen LogP contribution in [0.2, 0.25) is 5.02 Å². The fraction of sp³-hybridized carbons (Fsp3) is 0.150. The first kappa shape index (κ1) is 19.4. The zero-order chi connectivity index (χ0) is 20.1. The monoisotopic (exact) mass is 398 g/mol. The van der Waals surface area contributed by atoms with E-state index in [1.165, 1.54) is 19.4 Å². The van der Waals surface area contributed by atoms with Crippen LogP contribution in [0, 0.1) is 6.92 Å². The minimum atomic E-state index is -0.375. The molecule has 0 bridgehead atoms. The zero-order valence-corrected chi connectivity index (χ0v) is 16.4. The summed E-state index contributed by atoms with van der Waals surface area (Å²) < 4.78 is 10.4. The molecule has 1 aromatic heterocycles. The van der Waals surface area contributed by atoms with Gasteiger partial charge in [-0.2, -0.15) is 0 Å². The van der Waals surface area contributed by atoms with E-state index in [9.17, 15) is 4.79 Å². The Kier molecular flexibility index (Phi) is 5.96. The smallest absolute Gasteiger partial charge is 0.274 e. The summed E-state index contributed by atoms with van der Waals surface area (Å²) in [4.78, 5) is 21.0. The van der Waals surface area contributed by atoms with Crippen LogP contribution in [0.4, 0.5) is 17.3 Å². The molecule has 3 aromatic rings. The first-order valence-corrected chi connectivity index (χ1v) is 8.78. The van der Waals surface area contributed by atoms with Crippen molar-refractivity contribution in [2.24, 2.45) is 0 Å². The van der Waals surface area contributed by atoms with Crippen molar-refractivity contribution in [3.8, 4) is 11.5 Å². The van der Waals surface area contributed by atoms with Crippen LogP contribution in [0.1, 0.15) is 16.1 Å². The van der Waals surface area contributed by atoms with Crippen LogP contribution in [0.15, 0.2) is 48.7 Å². The van der Waals surface area contributed by atoms with Crippen molar-refractivity contribution in [1.82, 2.24) is 9.97 Å². The van der Waals surface area contributed by atoms with E-state index in [0.29, 0.717) is 28.2 Å². The Morgan fingerprint density at radius 2 is 1.86 bits per heavy atom. The molecule has 0 unspecified atom stereocenters. The molecule has 3 rings (SSSR count). The van der Waals surface area contributed by atoms with Crippen molar-refractivity contribution in [2.75, 3.05) is 24.9 Å². The molecule has 7 nitrogen and oxygen atoms in total. The van der Waals surface area contributed by atoms with E-state index < -0.39 is 0 Å². The van der Waals surface area contributed by atoms with Gasteiger partial charge < -0.3 is 20.1 Å². The summed E-state index contributed by atoms with van der Waals surface area (Å²) in [6.07, 6.45) is 1.51. The summed E-state index contributed by atoms with van der Waals surface area (Å²) in [6, 6.07) is 12.1. The summed E-state index contributed by atoms with van der Waals surface area (Å²) in [5.74, 6) is 1.01. The lowest BCUT2D eigenvalue weighted by Crippen LogP contribution is -2.15. The Labute approximate surface area is 167 Å². The topological polar surface area (TPSA) is 85.4 Å². The molecule has 1 amide bonds. The first-order chi connectivity index (χ1) is 13.5. The molecule has 2 aromatic carbocycles. The number of ether oxygens (including phenoxy) is 2. The number of anilines is 3. The van der Waals surface area contributed by atoms with Gasteiger partial charge in [-0.15, -0.1) is 0 Å². The maximum absolute atomic E-state index is 12.6. The number of hydrogen-bond donors (Lipinski definition) is 2. The lowest BCUT2D eigenvalue weighted by molar-refractivity contribution is 0.102. The summed E-state index contributed by atoms with van der Waals surface area (Å²) in [7, 11) is 3.08. The van der Waals surface area contributed by atoms with Gasteiger partial charge in [0, 0.05) is 28.7 Å². The number of methoxy groups -OCH3 is 2. The summed E-state index contributed by atoms with van der Waals surface area (Å²) in [5, 5.41) is 6.50. The van der Waals surface area contributed by atoms with Crippen molar-refractivity contribution in [3.05, 3.63) is 64.9 Å². The third-order valence-corrected chi connectivity index (χ3v) is 4.45. The predicted octanol–water partition coefficient (Wildman–Crippen LogP) is 4.45. The fourth-order valence-corrected chi connectivity index (χ4v) is 2.69. The van der Waals surface area contributed by atoms with Crippen molar-refractivity contribution in [3.63, 3.8) is 0 Å². The van der Waals surface area contributed by atoms with Gasteiger partial charge in [0.1, 0.15) is 5.69 Å². The Balaban J connectivity index is 1.78. The van der Waals surface area contributed by atoms with Crippen LogP contribution in [0.25, 0.3) is 0 Å². The largest absolute Gasteiger partial charge is 0.493 e. The molecule has 0 aliphatic carbocycles. The number of carbonyl (C=O) groups is 1. The van der Waals surface area contributed by atoms with Crippen molar-refractivity contribution >= 4 is 34.8 Å². The second-order valence-corrected chi connectivity index (χ2v) is 6.23. The van der Waals surface area contributed by atoms with Crippen LogP contribution in [-0.4, -0.2) is 30.1 Å². The van der Waals surface area contributed by atoms with E-state index in [1.54, 1.807) is 31.4 Å². The number of halogens is 1. The molecule has 8 heteroatoms. The Bertz CT molecular complexity index is 1010. The summed E-state index contributed by atoms with van der Waals surface area (Å²) in [6.45, 7) is 1.89. The van der Waals surface area contributed by atoms with Gasteiger partial charge in [-0.3, -0.25) is 4.79 Å². The minimum Gasteiger partial charge on any atom is -0.493 e. The molecule has 0 aliphatic heterocycles. The van der Waals surface area contributed by atoms with Gasteiger partial charge in [0.05, 0.1) is 14.2 Å². The van der Waals surface area contributed by atoms with Crippen LogP contribution in [0.3, 0.4) is 0 Å². The molecule has 28 heavy (non-hydrogen) atoms. The molecule has 1 heterocycles. The van der Waals surface area contributed by atoms with E-state index in [2.05, 4.69) is 20.6 Å². The molecular formula is C20H19ClN4O3. The second-order valence-electron chi connectivity index (χ2n) is 5.83. The molecular weight excluding hydrogens is 380 g/mol. The third-order valence-electron chi connectivity index (χ3n) is 4.04. The van der Waals surface area contributed by atoms with Gasteiger partial charge in [-0.05, 0) is 42.8 Å². The molecule has 2 N–H and O–H groups in total. The van der Waals surface area contributed by atoms with Crippen molar-refractivity contribution < 1.29 is 14.3 Å². The lowest BCUT2D eigenvalue weighted by Gasteiger charge is -2.11. The Morgan fingerprint density at radius 1 is 1.07 bits per heavy atom. The van der Waals surface area contributed by atoms with Gasteiger partial charge in [0.2, 0.25) is 5.95 Å². The number of aromatic nitrogens is 2. The molecule has 0 fully saturated rings.